The summed E-state index contributed by atoms with van der Waals surface area (Å²) in [5, 5.41) is 2.92. The molecule has 2 saturated heterocycles. The van der Waals surface area contributed by atoms with Gasteiger partial charge in [-0.15, -0.1) is 0 Å². The van der Waals surface area contributed by atoms with Gasteiger partial charge in [0.1, 0.15) is 0 Å². The van der Waals surface area contributed by atoms with Crippen LogP contribution < -0.4 is 10.2 Å². The highest BCUT2D eigenvalue weighted by molar-refractivity contribution is 7.89. The number of carbonyl (C=O) groups excluding carboxylic acids is 1. The number of hydrogen-bond donors (Lipinski definition) is 1. The zero-order valence-electron chi connectivity index (χ0n) is 20.5. The number of amides is 1. The van der Waals surface area contributed by atoms with Crippen molar-refractivity contribution in [1.82, 2.24) is 9.21 Å². The van der Waals surface area contributed by atoms with Crippen molar-refractivity contribution >= 4 is 27.3 Å². The fourth-order valence-corrected chi connectivity index (χ4v) is 6.21. The molecule has 0 spiro atoms. The lowest BCUT2D eigenvalue weighted by atomic mass is 10.1. The maximum atomic E-state index is 13.1. The van der Waals surface area contributed by atoms with Gasteiger partial charge < -0.3 is 10.2 Å². The number of anilines is 2. The lowest BCUT2D eigenvalue weighted by molar-refractivity contribution is 0.102. The Balaban J connectivity index is 1.44. The highest BCUT2D eigenvalue weighted by Crippen LogP contribution is 2.26. The van der Waals surface area contributed by atoms with Crippen molar-refractivity contribution in [2.24, 2.45) is 0 Å². The molecule has 0 saturated carbocycles. The van der Waals surface area contributed by atoms with Gasteiger partial charge in [-0.3, -0.25) is 9.69 Å². The monoisotopic (exact) mass is 484 g/mol. The molecule has 184 valence electrons. The SMILES string of the molecule is Cc1ccc(S(=O)(=O)N2CCCCC2)cc1NC(=O)c1ccc(N2CCN(C(C)C)CC2)cc1. The highest BCUT2D eigenvalue weighted by atomic mass is 32.2. The van der Waals surface area contributed by atoms with Gasteiger partial charge in [0.25, 0.3) is 5.91 Å². The fourth-order valence-electron chi connectivity index (χ4n) is 4.67. The Morgan fingerprint density at radius 3 is 2.15 bits per heavy atom. The van der Waals surface area contributed by atoms with Crippen LogP contribution in [0.5, 0.6) is 0 Å². The van der Waals surface area contributed by atoms with Crippen LogP contribution in [0.4, 0.5) is 11.4 Å². The Morgan fingerprint density at radius 2 is 1.53 bits per heavy atom. The molecule has 0 aliphatic carbocycles. The van der Waals surface area contributed by atoms with Crippen LogP contribution in [0.15, 0.2) is 47.4 Å². The number of hydrogen-bond acceptors (Lipinski definition) is 5. The van der Waals surface area contributed by atoms with Gasteiger partial charge in [0.15, 0.2) is 0 Å². The number of piperidine rings is 1. The van der Waals surface area contributed by atoms with Crippen LogP contribution in [0.1, 0.15) is 49.0 Å². The second kappa shape index (κ2) is 10.5. The van der Waals surface area contributed by atoms with E-state index in [-0.39, 0.29) is 10.8 Å². The average Bonchev–Trinajstić information content (AvgIpc) is 2.86. The molecular formula is C26H36N4O3S. The molecule has 4 rings (SSSR count). The maximum Gasteiger partial charge on any atom is 0.255 e. The molecule has 0 radical (unpaired) electrons. The molecule has 1 N–H and O–H groups in total. The topological polar surface area (TPSA) is 73.0 Å². The predicted molar refractivity (Wildman–Crippen MR) is 137 cm³/mol. The summed E-state index contributed by atoms with van der Waals surface area (Å²) in [5.74, 6) is -0.244. The van der Waals surface area contributed by atoms with Crippen LogP contribution in [-0.4, -0.2) is 68.8 Å². The van der Waals surface area contributed by atoms with Gasteiger partial charge in [0.05, 0.1) is 4.90 Å². The molecule has 0 bridgehead atoms. The molecule has 8 heteroatoms. The van der Waals surface area contributed by atoms with Crippen molar-refractivity contribution in [2.75, 3.05) is 49.5 Å². The molecular weight excluding hydrogens is 448 g/mol. The van der Waals surface area contributed by atoms with Gasteiger partial charge in [-0.05, 0) is 75.6 Å². The fraction of sp³-hybridized carbons (Fsp3) is 0.500. The van der Waals surface area contributed by atoms with Crippen molar-refractivity contribution < 1.29 is 13.2 Å². The van der Waals surface area contributed by atoms with Crippen molar-refractivity contribution in [2.45, 2.75) is 51.0 Å². The predicted octanol–water partition coefficient (Wildman–Crippen LogP) is 3.95. The Bertz CT molecular complexity index is 1100. The molecule has 2 heterocycles. The van der Waals surface area contributed by atoms with E-state index in [9.17, 15) is 13.2 Å². The van der Waals surface area contributed by atoms with E-state index in [0.717, 1.165) is 56.7 Å². The van der Waals surface area contributed by atoms with Gasteiger partial charge in [0.2, 0.25) is 10.0 Å². The summed E-state index contributed by atoms with van der Waals surface area (Å²) in [6, 6.07) is 13.2. The molecule has 2 aromatic carbocycles. The minimum Gasteiger partial charge on any atom is -0.369 e. The van der Waals surface area contributed by atoms with E-state index in [0.29, 0.717) is 30.4 Å². The average molecular weight is 485 g/mol. The van der Waals surface area contributed by atoms with Crippen molar-refractivity contribution in [3.05, 3.63) is 53.6 Å². The summed E-state index contributed by atoms with van der Waals surface area (Å²) < 4.78 is 27.7. The van der Waals surface area contributed by atoms with Crippen molar-refractivity contribution in [3.8, 4) is 0 Å². The largest absolute Gasteiger partial charge is 0.369 e. The summed E-state index contributed by atoms with van der Waals surface area (Å²) in [5.41, 5.74) is 3.02. The summed E-state index contributed by atoms with van der Waals surface area (Å²) >= 11 is 0. The lowest BCUT2D eigenvalue weighted by Gasteiger charge is -2.38. The molecule has 0 atom stereocenters. The summed E-state index contributed by atoms with van der Waals surface area (Å²) in [4.78, 5) is 18.0. The van der Waals surface area contributed by atoms with Gasteiger partial charge in [-0.25, -0.2) is 8.42 Å². The van der Waals surface area contributed by atoms with Gasteiger partial charge >= 0.3 is 0 Å². The van der Waals surface area contributed by atoms with E-state index in [1.54, 1.807) is 22.5 Å². The second-order valence-electron chi connectivity index (χ2n) is 9.56. The summed E-state index contributed by atoms with van der Waals surface area (Å²) in [7, 11) is -3.56. The third-order valence-electron chi connectivity index (χ3n) is 6.95. The normalized spacial score (nSPS) is 18.3. The Morgan fingerprint density at radius 1 is 0.882 bits per heavy atom. The van der Waals surface area contributed by atoms with Crippen molar-refractivity contribution in [3.63, 3.8) is 0 Å². The van der Waals surface area contributed by atoms with Crippen LogP contribution >= 0.6 is 0 Å². The minimum atomic E-state index is -3.56. The smallest absolute Gasteiger partial charge is 0.255 e. The van der Waals surface area contributed by atoms with E-state index < -0.39 is 10.0 Å². The van der Waals surface area contributed by atoms with E-state index >= 15 is 0 Å². The van der Waals surface area contributed by atoms with Crippen LogP contribution in [0.2, 0.25) is 0 Å². The minimum absolute atomic E-state index is 0.228. The van der Waals surface area contributed by atoms with Gasteiger partial charge in [-0.2, -0.15) is 4.31 Å². The number of rotatable bonds is 6. The first-order valence-electron chi connectivity index (χ1n) is 12.3. The number of sulfonamides is 1. The van der Waals surface area contributed by atoms with Crippen LogP contribution in [0, 0.1) is 6.92 Å². The lowest BCUT2D eigenvalue weighted by Crippen LogP contribution is -2.48. The number of nitrogens with one attached hydrogen (secondary N) is 1. The highest BCUT2D eigenvalue weighted by Gasteiger charge is 2.26. The first-order chi connectivity index (χ1) is 16.3. The number of carbonyl (C=O) groups is 1. The number of aryl methyl sites for hydroxylation is 1. The number of piperazine rings is 1. The Hall–Kier alpha value is -2.42. The first-order valence-corrected chi connectivity index (χ1v) is 13.7. The van der Waals surface area contributed by atoms with Gasteiger partial charge in [-0.1, -0.05) is 12.5 Å². The standard InChI is InChI=1S/C26H36N4O3S/c1-20(2)28-15-17-29(18-16-28)23-10-8-22(9-11-23)26(31)27-25-19-24(12-7-21(25)3)34(32,33)30-13-5-4-6-14-30/h7-12,19-20H,4-6,13-18H2,1-3H3,(H,27,31). The summed E-state index contributed by atoms with van der Waals surface area (Å²) in [6.07, 6.45) is 2.84. The molecule has 2 aromatic rings. The molecule has 0 unspecified atom stereocenters. The van der Waals surface area contributed by atoms with E-state index in [2.05, 4.69) is 29.0 Å². The molecule has 0 aromatic heterocycles. The number of nitrogens with zero attached hydrogens (tertiary/aromatic N) is 3. The molecule has 1 amide bonds. The maximum absolute atomic E-state index is 13.1. The molecule has 2 fully saturated rings. The molecule has 2 aliphatic rings. The van der Waals surface area contributed by atoms with Crippen LogP contribution in [-0.2, 0) is 10.0 Å². The third-order valence-corrected chi connectivity index (χ3v) is 8.84. The summed E-state index contributed by atoms with van der Waals surface area (Å²) in [6.45, 7) is 11.4. The van der Waals surface area contributed by atoms with Crippen LogP contribution in [0.25, 0.3) is 0 Å². The van der Waals surface area contributed by atoms with E-state index in [1.807, 2.05) is 31.2 Å². The zero-order chi connectivity index (χ0) is 24.3. The van der Waals surface area contributed by atoms with Crippen molar-refractivity contribution in [1.29, 1.82) is 0 Å². The van der Waals surface area contributed by atoms with Gasteiger partial charge in [0, 0.05) is 62.2 Å². The first kappa shape index (κ1) is 24.7. The van der Waals surface area contributed by atoms with E-state index in [4.69, 9.17) is 0 Å². The Kier molecular flexibility index (Phi) is 7.60. The zero-order valence-corrected chi connectivity index (χ0v) is 21.3. The Labute approximate surface area is 203 Å². The van der Waals surface area contributed by atoms with Crippen LogP contribution in [0.3, 0.4) is 0 Å². The number of benzene rings is 2. The second-order valence-corrected chi connectivity index (χ2v) is 11.5. The molecule has 2 aliphatic heterocycles. The molecule has 34 heavy (non-hydrogen) atoms. The third kappa shape index (κ3) is 5.45. The van der Waals surface area contributed by atoms with E-state index in [1.165, 1.54) is 0 Å². The molecule has 7 nitrogen and oxygen atoms in total. The quantitative estimate of drug-likeness (QED) is 0.672.